The van der Waals surface area contributed by atoms with Crippen molar-refractivity contribution >= 4 is 17.4 Å². The van der Waals surface area contributed by atoms with Crippen molar-refractivity contribution < 1.29 is 0 Å². The molecule has 1 N–H and O–H groups in total. The molecule has 0 bridgehead atoms. The standard InChI is InChI=1S/C13H19ClN4/c14-12-3-4-13(17-16-12)18-7-5-11(6-8-18)15-9-10-1-2-10/h3-4,10-11,15H,1-2,5-9H2. The molecule has 0 atom stereocenters. The third kappa shape index (κ3) is 3.12. The van der Waals surface area contributed by atoms with E-state index >= 15 is 0 Å². The van der Waals surface area contributed by atoms with Crippen molar-refractivity contribution in [1.29, 1.82) is 0 Å². The van der Waals surface area contributed by atoms with E-state index in [1.54, 1.807) is 6.07 Å². The molecule has 2 aliphatic rings. The van der Waals surface area contributed by atoms with Gasteiger partial charge in [-0.3, -0.25) is 0 Å². The molecule has 0 aromatic carbocycles. The lowest BCUT2D eigenvalue weighted by Gasteiger charge is -2.33. The minimum absolute atomic E-state index is 0.458. The van der Waals surface area contributed by atoms with Crippen LogP contribution in [0, 0.1) is 5.92 Å². The van der Waals surface area contributed by atoms with Crippen LogP contribution in [0.25, 0.3) is 0 Å². The van der Waals surface area contributed by atoms with Gasteiger partial charge in [-0.15, -0.1) is 10.2 Å². The lowest BCUT2D eigenvalue weighted by Crippen LogP contribution is -2.43. The van der Waals surface area contributed by atoms with Crippen LogP contribution in [-0.2, 0) is 0 Å². The fraction of sp³-hybridized carbons (Fsp3) is 0.692. The molecule has 98 valence electrons. The van der Waals surface area contributed by atoms with E-state index in [1.165, 1.54) is 32.2 Å². The van der Waals surface area contributed by atoms with Crippen molar-refractivity contribution in [2.45, 2.75) is 31.7 Å². The highest BCUT2D eigenvalue weighted by Crippen LogP contribution is 2.28. The number of nitrogens with zero attached hydrogens (tertiary/aromatic N) is 3. The maximum absolute atomic E-state index is 5.75. The number of hydrogen-bond acceptors (Lipinski definition) is 4. The molecule has 5 heteroatoms. The highest BCUT2D eigenvalue weighted by atomic mass is 35.5. The highest BCUT2D eigenvalue weighted by molar-refractivity contribution is 6.29. The lowest BCUT2D eigenvalue weighted by atomic mass is 10.0. The van der Waals surface area contributed by atoms with E-state index in [1.807, 2.05) is 6.07 Å². The quantitative estimate of drug-likeness (QED) is 0.906. The first-order chi connectivity index (χ1) is 8.81. The Bertz CT molecular complexity index is 382. The summed E-state index contributed by atoms with van der Waals surface area (Å²) in [6, 6.07) is 4.44. The molecule has 1 aromatic heterocycles. The van der Waals surface area contributed by atoms with Crippen LogP contribution in [0.15, 0.2) is 12.1 Å². The van der Waals surface area contributed by atoms with Crippen molar-refractivity contribution in [2.24, 2.45) is 5.92 Å². The van der Waals surface area contributed by atoms with Crippen LogP contribution in [0.1, 0.15) is 25.7 Å². The van der Waals surface area contributed by atoms with Crippen LogP contribution >= 0.6 is 11.6 Å². The second-order valence-electron chi connectivity index (χ2n) is 5.33. The lowest BCUT2D eigenvalue weighted by molar-refractivity contribution is 0.407. The predicted octanol–water partition coefficient (Wildman–Crippen LogP) is 2.10. The molecule has 0 amide bonds. The number of piperidine rings is 1. The summed E-state index contributed by atoms with van der Waals surface area (Å²) in [6.45, 7) is 3.32. The van der Waals surface area contributed by atoms with Gasteiger partial charge in [-0.2, -0.15) is 0 Å². The number of anilines is 1. The molecule has 1 saturated heterocycles. The normalized spacial score (nSPS) is 21.3. The summed E-state index contributed by atoms with van der Waals surface area (Å²) < 4.78 is 0. The van der Waals surface area contributed by atoms with Crippen LogP contribution < -0.4 is 10.2 Å². The van der Waals surface area contributed by atoms with E-state index in [0.717, 1.165) is 24.8 Å². The third-order valence-corrected chi connectivity index (χ3v) is 4.03. The van der Waals surface area contributed by atoms with Gasteiger partial charge in [0, 0.05) is 19.1 Å². The number of rotatable bonds is 4. The summed E-state index contributed by atoms with van der Waals surface area (Å²) in [4.78, 5) is 2.29. The van der Waals surface area contributed by atoms with Crippen LogP contribution in [0.4, 0.5) is 5.82 Å². The summed E-state index contributed by atoms with van der Waals surface area (Å²) >= 11 is 5.75. The molecule has 0 spiro atoms. The number of halogens is 1. The van der Waals surface area contributed by atoms with Gasteiger partial charge in [0.25, 0.3) is 0 Å². The van der Waals surface area contributed by atoms with Gasteiger partial charge in [-0.1, -0.05) is 11.6 Å². The zero-order valence-electron chi connectivity index (χ0n) is 10.5. The first-order valence-electron chi connectivity index (χ1n) is 6.79. The molecule has 1 aromatic rings. The SMILES string of the molecule is Clc1ccc(N2CCC(NCC3CC3)CC2)nn1. The number of aromatic nitrogens is 2. The van der Waals surface area contributed by atoms with Crippen molar-refractivity contribution in [1.82, 2.24) is 15.5 Å². The summed E-state index contributed by atoms with van der Waals surface area (Å²) in [5, 5.41) is 12.2. The Morgan fingerprint density at radius 3 is 2.56 bits per heavy atom. The molecule has 1 aliphatic heterocycles. The maximum atomic E-state index is 5.75. The van der Waals surface area contributed by atoms with Crippen molar-refractivity contribution in [3.63, 3.8) is 0 Å². The number of nitrogens with one attached hydrogen (secondary N) is 1. The van der Waals surface area contributed by atoms with Gasteiger partial charge in [0.1, 0.15) is 0 Å². The van der Waals surface area contributed by atoms with Crippen LogP contribution in [-0.4, -0.2) is 35.9 Å². The van der Waals surface area contributed by atoms with Gasteiger partial charge in [0.2, 0.25) is 0 Å². The first kappa shape index (κ1) is 12.2. The summed E-state index contributed by atoms with van der Waals surface area (Å²) in [5.74, 6) is 1.91. The topological polar surface area (TPSA) is 41.0 Å². The highest BCUT2D eigenvalue weighted by Gasteiger charge is 2.24. The van der Waals surface area contributed by atoms with E-state index < -0.39 is 0 Å². The predicted molar refractivity (Wildman–Crippen MR) is 73.0 cm³/mol. The van der Waals surface area contributed by atoms with Gasteiger partial charge >= 0.3 is 0 Å². The van der Waals surface area contributed by atoms with Gasteiger partial charge in [-0.25, -0.2) is 0 Å². The Labute approximate surface area is 113 Å². The van der Waals surface area contributed by atoms with E-state index in [4.69, 9.17) is 11.6 Å². The minimum Gasteiger partial charge on any atom is -0.355 e. The van der Waals surface area contributed by atoms with E-state index in [0.29, 0.717) is 11.2 Å². The molecule has 1 aliphatic carbocycles. The molecule has 2 fully saturated rings. The molecular formula is C13H19ClN4. The Balaban J connectivity index is 1.48. The Morgan fingerprint density at radius 1 is 1.17 bits per heavy atom. The van der Waals surface area contributed by atoms with Gasteiger partial charge < -0.3 is 10.2 Å². The molecule has 0 unspecified atom stereocenters. The monoisotopic (exact) mass is 266 g/mol. The molecular weight excluding hydrogens is 248 g/mol. The smallest absolute Gasteiger partial charge is 0.151 e. The number of hydrogen-bond donors (Lipinski definition) is 1. The molecule has 4 nitrogen and oxygen atoms in total. The van der Waals surface area contributed by atoms with Crippen molar-refractivity contribution in [3.05, 3.63) is 17.3 Å². The Kier molecular flexibility index (Phi) is 3.66. The molecule has 3 rings (SSSR count). The molecule has 1 saturated carbocycles. The second kappa shape index (κ2) is 5.41. The molecule has 2 heterocycles. The van der Waals surface area contributed by atoms with Crippen molar-refractivity contribution in [2.75, 3.05) is 24.5 Å². The fourth-order valence-electron chi connectivity index (χ4n) is 2.45. The zero-order valence-corrected chi connectivity index (χ0v) is 11.2. The van der Waals surface area contributed by atoms with Crippen LogP contribution in [0.5, 0.6) is 0 Å². The first-order valence-corrected chi connectivity index (χ1v) is 7.16. The summed E-state index contributed by atoms with van der Waals surface area (Å²) in [5.41, 5.74) is 0. The van der Waals surface area contributed by atoms with Gasteiger partial charge in [0.15, 0.2) is 11.0 Å². The van der Waals surface area contributed by atoms with Gasteiger partial charge in [-0.05, 0) is 50.3 Å². The second-order valence-corrected chi connectivity index (χ2v) is 5.71. The average Bonchev–Trinajstić information content (AvgIpc) is 3.22. The average molecular weight is 267 g/mol. The minimum atomic E-state index is 0.458. The summed E-state index contributed by atoms with van der Waals surface area (Å²) in [7, 11) is 0. The largest absolute Gasteiger partial charge is 0.355 e. The van der Waals surface area contributed by atoms with E-state index in [2.05, 4.69) is 20.4 Å². The van der Waals surface area contributed by atoms with E-state index in [9.17, 15) is 0 Å². The van der Waals surface area contributed by atoms with E-state index in [-0.39, 0.29) is 0 Å². The summed E-state index contributed by atoms with van der Waals surface area (Å²) in [6.07, 6.45) is 5.23. The Hall–Kier alpha value is -0.870. The molecule has 0 radical (unpaired) electrons. The van der Waals surface area contributed by atoms with Gasteiger partial charge in [0.05, 0.1) is 0 Å². The Morgan fingerprint density at radius 2 is 1.94 bits per heavy atom. The maximum Gasteiger partial charge on any atom is 0.151 e. The molecule has 18 heavy (non-hydrogen) atoms. The fourth-order valence-corrected chi connectivity index (χ4v) is 2.55. The van der Waals surface area contributed by atoms with Crippen LogP contribution in [0.3, 0.4) is 0 Å². The zero-order chi connectivity index (χ0) is 12.4. The van der Waals surface area contributed by atoms with Crippen molar-refractivity contribution in [3.8, 4) is 0 Å². The van der Waals surface area contributed by atoms with Crippen LogP contribution in [0.2, 0.25) is 5.15 Å². The third-order valence-electron chi connectivity index (χ3n) is 3.83.